The fourth-order valence-corrected chi connectivity index (χ4v) is 13.0. The van der Waals surface area contributed by atoms with Gasteiger partial charge in [-0.3, -0.25) is 42.8 Å². The number of ether oxygens (including phenoxy) is 5. The Labute approximate surface area is 558 Å². The third-order valence-corrected chi connectivity index (χ3v) is 18.4. The molecule has 0 radical (unpaired) electrons. The maximum Gasteiger partial charge on any atom is 0.328 e. The number of carbonyl (C=O) groups is 4. The summed E-state index contributed by atoms with van der Waals surface area (Å²) in [5.41, 5.74) is 6.77. The fourth-order valence-electron chi connectivity index (χ4n) is 11.9. The van der Waals surface area contributed by atoms with Gasteiger partial charge in [-0.1, -0.05) is 31.4 Å². The average Bonchev–Trinajstić information content (AvgIpc) is 1.75. The van der Waals surface area contributed by atoms with Crippen molar-refractivity contribution in [1.29, 1.82) is 5.41 Å². The van der Waals surface area contributed by atoms with Crippen molar-refractivity contribution in [2.24, 2.45) is 14.1 Å². The minimum Gasteiger partial charge on any atom is -0.493 e. The Bertz CT molecular complexity index is 3960. The Morgan fingerprint density at radius 1 is 0.758 bits per heavy atom. The van der Waals surface area contributed by atoms with E-state index >= 15 is 0 Å². The van der Waals surface area contributed by atoms with E-state index in [1.165, 1.54) is 47.8 Å². The number of hydrogen-bond acceptors (Lipinski definition) is 18. The molecule has 95 heavy (non-hydrogen) atoms. The zero-order chi connectivity index (χ0) is 68.3. The molecular formula is C72H94N10O12S. The number of piperazine rings is 1. The average molecular weight is 1320 g/mol. The summed E-state index contributed by atoms with van der Waals surface area (Å²) in [5, 5.41) is 14.8. The Kier molecular flexibility index (Phi) is 25.8. The van der Waals surface area contributed by atoms with E-state index in [9.17, 15) is 32.4 Å². The van der Waals surface area contributed by atoms with Crippen LogP contribution in [0, 0.1) is 5.41 Å². The number of carbonyl (C=O) groups excluding carboxylic acids is 4. The Hall–Kier alpha value is -8.80. The van der Waals surface area contributed by atoms with Crippen LogP contribution in [-0.2, 0) is 38.5 Å². The van der Waals surface area contributed by atoms with Crippen molar-refractivity contribution >= 4 is 67.7 Å². The van der Waals surface area contributed by atoms with Crippen molar-refractivity contribution in [1.82, 2.24) is 29.2 Å². The van der Waals surface area contributed by atoms with Crippen LogP contribution in [0.4, 0.5) is 17.2 Å². The van der Waals surface area contributed by atoms with E-state index in [1.807, 2.05) is 83.1 Å². The maximum atomic E-state index is 13.9. The molecule has 1 aliphatic heterocycles. The maximum absolute atomic E-state index is 13.9. The number of unbranched alkanes of at least 4 members (excludes halogenated alkanes) is 4. The van der Waals surface area contributed by atoms with Gasteiger partial charge in [0.25, 0.3) is 10.0 Å². The predicted molar refractivity (Wildman–Crippen MR) is 373 cm³/mol. The van der Waals surface area contributed by atoms with Gasteiger partial charge in [0.15, 0.2) is 28.8 Å². The molecule has 2 aliphatic rings. The zero-order valence-corrected chi connectivity index (χ0v) is 57.6. The quantitative estimate of drug-likeness (QED) is 0.0161. The number of nitrogens with one attached hydrogen (secondary N) is 4. The molecule has 8 rings (SSSR count). The van der Waals surface area contributed by atoms with Crippen LogP contribution in [0.1, 0.15) is 128 Å². The van der Waals surface area contributed by atoms with Crippen molar-refractivity contribution in [3.05, 3.63) is 123 Å². The Balaban J connectivity index is 0.712. The van der Waals surface area contributed by atoms with Crippen LogP contribution in [0.3, 0.4) is 0 Å². The predicted octanol–water partition coefficient (Wildman–Crippen LogP) is 11.3. The number of Topliss-reactive ketones (excluding diaryl/α,β-unsaturated/α-hetero) is 3. The topological polar surface area (TPSA) is 258 Å². The van der Waals surface area contributed by atoms with Gasteiger partial charge < -0.3 is 44.6 Å². The second-order valence-electron chi connectivity index (χ2n) is 24.9. The first kappa shape index (κ1) is 72.0. The van der Waals surface area contributed by atoms with E-state index in [2.05, 4.69) is 25.2 Å². The highest BCUT2D eigenvalue weighted by atomic mass is 32.2. The van der Waals surface area contributed by atoms with E-state index in [4.69, 9.17) is 34.1 Å². The summed E-state index contributed by atoms with van der Waals surface area (Å²) in [6, 6.07) is 20.5. The molecule has 1 aliphatic carbocycles. The SMILES string of the molecule is CCCOc1cc(OCCCCN(C)CC(=O)CCCCCCC(=O)NCCN2CCN(c3ccc(-c4cc(NC(C)C)c(C=N)c(C(=O)CCC5=C(C)C=C(C)CC5=O)c4)cn3)CC2)cc(Oc2cc3c(cc2NS(=O)(=O)c2ccc(OC)c(OC)c2)n(C)c(=O)n3C)c1. The number of anilines is 3. The number of allylic oxidation sites excluding steroid dienone is 4. The molecule has 4 N–H and O–H groups in total. The number of imidazole rings is 1. The lowest BCUT2D eigenvalue weighted by molar-refractivity contribution is -0.121. The highest BCUT2D eigenvalue weighted by Gasteiger charge is 2.26. The molecule has 0 unspecified atom stereocenters. The summed E-state index contributed by atoms with van der Waals surface area (Å²) in [5.74, 6) is 3.05. The molecule has 2 aromatic heterocycles. The van der Waals surface area contributed by atoms with E-state index in [0.717, 1.165) is 99.3 Å². The number of rotatable bonds is 37. The highest BCUT2D eigenvalue weighted by molar-refractivity contribution is 7.92. The van der Waals surface area contributed by atoms with Crippen molar-refractivity contribution in [3.8, 4) is 45.6 Å². The number of sulfonamides is 1. The Morgan fingerprint density at radius 3 is 2.12 bits per heavy atom. The minimum absolute atomic E-state index is 0.0391. The normalized spacial score (nSPS) is 13.7. The van der Waals surface area contributed by atoms with Gasteiger partial charge in [0.05, 0.1) is 55.6 Å². The second kappa shape index (κ2) is 34.0. The highest BCUT2D eigenvalue weighted by Crippen LogP contribution is 2.39. The molecule has 1 saturated heterocycles. The molecule has 1 amide bonds. The van der Waals surface area contributed by atoms with E-state index in [-0.39, 0.29) is 63.5 Å². The standard InChI is InChI=1S/C72H94N10O12S/c1-11-33-92-54-39-55(41-56(40-54)94-68-44-64-63(79(7)72(87)80(64)8)43-62(68)77-95(88,89)57-21-24-67(90-9)69(42-57)91-10)93-34-17-16-27-78(6)47-53(83)18-14-12-13-15-19-71(86)74-26-28-81-29-31-82(32-30-81)70-25-20-51(46-75-70)52-37-59(60(45-73)61(38-52)76-48(2)3)65(84)23-22-58-50(5)35-49(4)36-66(58)85/h20-21,24-25,35,37-46,48,73,76-77H,11-19,22-23,26-34,36,47H2,1-10H3,(H,74,86). The van der Waals surface area contributed by atoms with Crippen LogP contribution in [0.5, 0.6) is 34.5 Å². The third-order valence-electron chi connectivity index (χ3n) is 17.0. The van der Waals surface area contributed by atoms with Gasteiger partial charge in [-0.2, -0.15) is 0 Å². The summed E-state index contributed by atoms with van der Waals surface area (Å²) in [4.78, 5) is 76.8. The van der Waals surface area contributed by atoms with Crippen LogP contribution in [0.15, 0.2) is 111 Å². The van der Waals surface area contributed by atoms with Crippen molar-refractivity contribution in [2.45, 2.75) is 123 Å². The lowest BCUT2D eigenvalue weighted by Crippen LogP contribution is -2.48. The van der Waals surface area contributed by atoms with E-state index in [1.54, 1.807) is 44.4 Å². The fraction of sp³-hybridized carbons (Fsp3) is 0.458. The van der Waals surface area contributed by atoms with Crippen molar-refractivity contribution < 1.29 is 51.3 Å². The lowest BCUT2D eigenvalue weighted by Gasteiger charge is -2.35. The largest absolute Gasteiger partial charge is 0.493 e. The van der Waals surface area contributed by atoms with Gasteiger partial charge in [0.1, 0.15) is 28.8 Å². The van der Waals surface area contributed by atoms with Crippen molar-refractivity contribution in [3.63, 3.8) is 0 Å². The molecule has 0 spiro atoms. The summed E-state index contributed by atoms with van der Waals surface area (Å²) in [6.07, 6.45) is 12.5. The van der Waals surface area contributed by atoms with E-state index in [0.29, 0.717) is 121 Å². The summed E-state index contributed by atoms with van der Waals surface area (Å²) < 4.78 is 62.7. The van der Waals surface area contributed by atoms with Crippen LogP contribution in [0.25, 0.3) is 22.2 Å². The number of nitrogens with zero attached hydrogens (tertiary/aromatic N) is 6. The number of fused-ring (bicyclic) bond motifs is 1. The zero-order valence-electron chi connectivity index (χ0n) is 56.8. The number of pyridine rings is 1. The first-order valence-corrected chi connectivity index (χ1v) is 34.4. The first-order chi connectivity index (χ1) is 45.6. The molecule has 22 nitrogen and oxygen atoms in total. The molecular weight excluding hydrogens is 1230 g/mol. The minimum atomic E-state index is -4.22. The van der Waals surface area contributed by atoms with Gasteiger partial charge in [0, 0.05) is 150 Å². The molecule has 0 saturated carbocycles. The molecule has 6 aromatic rings. The van der Waals surface area contributed by atoms with Gasteiger partial charge in [-0.25, -0.2) is 18.2 Å². The Morgan fingerprint density at radius 2 is 1.45 bits per heavy atom. The number of likely N-dealkylation sites (N-methyl/N-ethyl adjacent to an activating group) is 1. The van der Waals surface area contributed by atoms with Crippen LogP contribution in [-0.4, -0.2) is 155 Å². The number of aromatic nitrogens is 3. The number of methoxy groups -OCH3 is 2. The molecule has 1 fully saturated rings. The van der Waals surface area contributed by atoms with Crippen molar-refractivity contribution in [2.75, 3.05) is 102 Å². The third kappa shape index (κ3) is 19.7. The number of benzene rings is 4. The first-order valence-electron chi connectivity index (χ1n) is 32.9. The van der Waals surface area contributed by atoms with Gasteiger partial charge in [0.2, 0.25) is 5.91 Å². The van der Waals surface area contributed by atoms with E-state index < -0.39 is 10.0 Å². The smallest absolute Gasteiger partial charge is 0.328 e. The summed E-state index contributed by atoms with van der Waals surface area (Å²) in [7, 11) is 3.83. The summed E-state index contributed by atoms with van der Waals surface area (Å²) in [6.45, 7) is 16.3. The molecule has 4 aromatic carbocycles. The van der Waals surface area contributed by atoms with Gasteiger partial charge >= 0.3 is 5.69 Å². The van der Waals surface area contributed by atoms with Gasteiger partial charge in [-0.05, 0) is 139 Å². The molecule has 510 valence electrons. The summed E-state index contributed by atoms with van der Waals surface area (Å²) >= 11 is 0. The number of hydrogen-bond donors (Lipinski definition) is 4. The van der Waals surface area contributed by atoms with Crippen LogP contribution < -0.4 is 49.6 Å². The monoisotopic (exact) mass is 1320 g/mol. The number of ketones is 3. The molecule has 0 atom stereocenters. The molecule has 23 heteroatoms. The van der Waals surface area contributed by atoms with Gasteiger partial charge in [-0.15, -0.1) is 0 Å². The second-order valence-corrected chi connectivity index (χ2v) is 26.6. The lowest BCUT2D eigenvalue weighted by atomic mass is 9.88. The molecule has 3 heterocycles. The van der Waals surface area contributed by atoms with Crippen LogP contribution in [0.2, 0.25) is 0 Å². The van der Waals surface area contributed by atoms with Crippen LogP contribution >= 0.6 is 0 Å². The molecule has 0 bridgehead atoms. The number of aryl methyl sites for hydroxylation is 2. The number of amides is 1.